The van der Waals surface area contributed by atoms with E-state index >= 15 is 0 Å². The van der Waals surface area contributed by atoms with Crippen molar-refractivity contribution in [1.29, 1.82) is 0 Å². The quantitative estimate of drug-likeness (QED) is 0.524. The number of hydrogen-bond acceptors (Lipinski definition) is 5. The maximum Gasteiger partial charge on any atom is 0.339 e. The summed E-state index contributed by atoms with van der Waals surface area (Å²) in [4.78, 5) is 27.7. The molecule has 0 N–H and O–H groups in total. The minimum absolute atomic E-state index is 0.000564. The number of ether oxygens (including phenoxy) is 2. The van der Waals surface area contributed by atoms with Crippen molar-refractivity contribution in [2.24, 2.45) is 0 Å². The first-order valence-corrected chi connectivity index (χ1v) is 11.0. The molecule has 1 atom stereocenters. The van der Waals surface area contributed by atoms with Gasteiger partial charge in [0.2, 0.25) is 5.91 Å². The fourth-order valence-electron chi connectivity index (χ4n) is 4.64. The lowest BCUT2D eigenvalue weighted by Crippen LogP contribution is -2.31. The van der Waals surface area contributed by atoms with Crippen molar-refractivity contribution in [3.05, 3.63) is 69.1 Å². The minimum atomic E-state index is -0.355. The molecule has 6 nitrogen and oxygen atoms in total. The van der Waals surface area contributed by atoms with Gasteiger partial charge in [-0.1, -0.05) is 18.2 Å². The SMILES string of the molecule is COc1ccc([C@@H]2CCCN2C(=O)CCc2c(C)c3ccc(C)cc3oc2=O)cc1OC. The van der Waals surface area contributed by atoms with Crippen LogP contribution in [-0.4, -0.2) is 31.6 Å². The summed E-state index contributed by atoms with van der Waals surface area (Å²) in [7, 11) is 3.22. The summed E-state index contributed by atoms with van der Waals surface area (Å²) in [6.07, 6.45) is 2.48. The predicted molar refractivity (Wildman–Crippen MR) is 124 cm³/mol. The molecule has 0 spiro atoms. The highest BCUT2D eigenvalue weighted by Crippen LogP contribution is 2.37. The molecule has 1 saturated heterocycles. The van der Waals surface area contributed by atoms with Gasteiger partial charge < -0.3 is 18.8 Å². The van der Waals surface area contributed by atoms with E-state index in [1.807, 2.05) is 55.1 Å². The van der Waals surface area contributed by atoms with Crippen molar-refractivity contribution in [1.82, 2.24) is 4.90 Å². The molecule has 0 radical (unpaired) electrons. The molecular formula is C26H29NO5. The first kappa shape index (κ1) is 21.9. The Labute approximate surface area is 187 Å². The van der Waals surface area contributed by atoms with E-state index in [2.05, 4.69) is 0 Å². The number of carbonyl (C=O) groups is 1. The van der Waals surface area contributed by atoms with E-state index in [9.17, 15) is 9.59 Å². The number of amides is 1. The van der Waals surface area contributed by atoms with Crippen molar-refractivity contribution >= 4 is 16.9 Å². The lowest BCUT2D eigenvalue weighted by atomic mass is 10.0. The van der Waals surface area contributed by atoms with Crippen molar-refractivity contribution < 1.29 is 18.7 Å². The van der Waals surface area contributed by atoms with E-state index in [4.69, 9.17) is 13.9 Å². The highest BCUT2D eigenvalue weighted by molar-refractivity contribution is 5.82. The summed E-state index contributed by atoms with van der Waals surface area (Å²) in [5.41, 5.74) is 3.78. The number of rotatable bonds is 6. The maximum absolute atomic E-state index is 13.1. The number of aryl methyl sites for hydroxylation is 2. The number of methoxy groups -OCH3 is 2. The lowest BCUT2D eigenvalue weighted by Gasteiger charge is -2.26. The van der Waals surface area contributed by atoms with Crippen molar-refractivity contribution in [3.8, 4) is 11.5 Å². The van der Waals surface area contributed by atoms with Gasteiger partial charge in [-0.15, -0.1) is 0 Å². The summed E-state index contributed by atoms with van der Waals surface area (Å²) < 4.78 is 16.3. The topological polar surface area (TPSA) is 69.0 Å². The maximum atomic E-state index is 13.1. The Hall–Kier alpha value is -3.28. The number of fused-ring (bicyclic) bond motifs is 1. The molecule has 1 aliphatic heterocycles. The van der Waals surface area contributed by atoms with Crippen LogP contribution >= 0.6 is 0 Å². The molecule has 0 saturated carbocycles. The van der Waals surface area contributed by atoms with Crippen LogP contribution < -0.4 is 15.1 Å². The van der Waals surface area contributed by atoms with Gasteiger partial charge in [0.1, 0.15) is 5.58 Å². The Bertz CT molecular complexity index is 1210. The average molecular weight is 436 g/mol. The molecule has 168 valence electrons. The molecule has 32 heavy (non-hydrogen) atoms. The Morgan fingerprint density at radius 3 is 2.62 bits per heavy atom. The lowest BCUT2D eigenvalue weighted by molar-refractivity contribution is -0.132. The van der Waals surface area contributed by atoms with E-state index in [0.717, 1.165) is 34.9 Å². The monoisotopic (exact) mass is 435 g/mol. The van der Waals surface area contributed by atoms with Crippen molar-refractivity contribution in [3.63, 3.8) is 0 Å². The molecule has 6 heteroatoms. The molecule has 0 unspecified atom stereocenters. The van der Waals surface area contributed by atoms with Crippen LogP contribution in [0.5, 0.6) is 11.5 Å². The highest BCUT2D eigenvalue weighted by Gasteiger charge is 2.30. The summed E-state index contributed by atoms with van der Waals surface area (Å²) in [5, 5.41) is 0.919. The van der Waals surface area contributed by atoms with Gasteiger partial charge >= 0.3 is 5.63 Å². The molecule has 3 aromatic rings. The van der Waals surface area contributed by atoms with Crippen LogP contribution in [0.4, 0.5) is 0 Å². The average Bonchev–Trinajstić information content (AvgIpc) is 3.28. The third-order valence-corrected chi connectivity index (χ3v) is 6.40. The van der Waals surface area contributed by atoms with E-state index in [1.54, 1.807) is 14.2 Å². The van der Waals surface area contributed by atoms with Gasteiger partial charge in [0.05, 0.1) is 20.3 Å². The first-order chi connectivity index (χ1) is 15.4. The van der Waals surface area contributed by atoms with Crippen molar-refractivity contribution in [2.45, 2.75) is 45.6 Å². The first-order valence-electron chi connectivity index (χ1n) is 11.0. The standard InChI is InChI=1S/C26H29NO5/c1-16-7-9-19-17(2)20(26(29)32-23(19)14-16)10-12-25(28)27-13-5-6-21(27)18-8-11-22(30-3)24(15-18)31-4/h7-9,11,14-15,21H,5-6,10,12-13H2,1-4H3/t21-/m0/s1. The molecule has 0 bridgehead atoms. The number of nitrogens with zero attached hydrogens (tertiary/aromatic N) is 1. The zero-order valence-corrected chi connectivity index (χ0v) is 19.1. The third kappa shape index (κ3) is 4.09. The molecule has 1 amide bonds. The van der Waals surface area contributed by atoms with Gasteiger partial charge in [-0.3, -0.25) is 4.79 Å². The minimum Gasteiger partial charge on any atom is -0.493 e. The van der Waals surface area contributed by atoms with Crippen LogP contribution in [0, 0.1) is 13.8 Å². The zero-order valence-electron chi connectivity index (χ0n) is 19.1. The van der Waals surface area contributed by atoms with Gasteiger partial charge in [0, 0.05) is 23.9 Å². The summed E-state index contributed by atoms with van der Waals surface area (Å²) >= 11 is 0. The summed E-state index contributed by atoms with van der Waals surface area (Å²) in [6, 6.07) is 11.7. The highest BCUT2D eigenvalue weighted by atomic mass is 16.5. The van der Waals surface area contributed by atoms with Crippen LogP contribution in [0.25, 0.3) is 11.0 Å². The molecule has 1 aliphatic rings. The van der Waals surface area contributed by atoms with Crippen LogP contribution in [-0.2, 0) is 11.2 Å². The predicted octanol–water partition coefficient (Wildman–Crippen LogP) is 4.72. The van der Waals surface area contributed by atoms with E-state index in [1.165, 1.54) is 0 Å². The Kier molecular flexibility index (Phi) is 6.21. The van der Waals surface area contributed by atoms with E-state index < -0.39 is 0 Å². The van der Waals surface area contributed by atoms with E-state index in [-0.39, 0.29) is 24.0 Å². The Morgan fingerprint density at radius 1 is 1.09 bits per heavy atom. The van der Waals surface area contributed by atoms with Crippen LogP contribution in [0.1, 0.15) is 47.6 Å². The van der Waals surface area contributed by atoms with Crippen LogP contribution in [0.2, 0.25) is 0 Å². The van der Waals surface area contributed by atoms with Crippen LogP contribution in [0.15, 0.2) is 45.6 Å². The second-order valence-electron chi connectivity index (χ2n) is 8.35. The van der Waals surface area contributed by atoms with Crippen molar-refractivity contribution in [2.75, 3.05) is 20.8 Å². The number of benzene rings is 2. The molecule has 4 rings (SSSR count). The second kappa shape index (κ2) is 9.07. The fraction of sp³-hybridized carbons (Fsp3) is 0.385. The molecule has 2 heterocycles. The van der Waals surface area contributed by atoms with E-state index in [0.29, 0.717) is 35.6 Å². The molecular weight excluding hydrogens is 406 g/mol. The number of carbonyl (C=O) groups excluding carboxylic acids is 1. The largest absolute Gasteiger partial charge is 0.493 e. The third-order valence-electron chi connectivity index (χ3n) is 6.40. The summed E-state index contributed by atoms with van der Waals surface area (Å²) in [6.45, 7) is 4.60. The Morgan fingerprint density at radius 2 is 1.88 bits per heavy atom. The molecule has 2 aromatic carbocycles. The Balaban J connectivity index is 1.53. The zero-order chi connectivity index (χ0) is 22.8. The van der Waals surface area contributed by atoms with Gasteiger partial charge in [-0.2, -0.15) is 0 Å². The normalized spacial score (nSPS) is 15.9. The van der Waals surface area contributed by atoms with Gasteiger partial charge in [0.25, 0.3) is 0 Å². The fourth-order valence-corrected chi connectivity index (χ4v) is 4.64. The molecule has 1 aromatic heterocycles. The smallest absolute Gasteiger partial charge is 0.339 e. The van der Waals surface area contributed by atoms with Gasteiger partial charge in [-0.25, -0.2) is 4.79 Å². The van der Waals surface area contributed by atoms with Gasteiger partial charge in [-0.05, 0) is 68.0 Å². The molecule has 0 aliphatic carbocycles. The van der Waals surface area contributed by atoms with Gasteiger partial charge in [0.15, 0.2) is 11.5 Å². The number of likely N-dealkylation sites (tertiary alicyclic amines) is 1. The summed E-state index contributed by atoms with van der Waals surface area (Å²) in [5.74, 6) is 1.37. The molecule has 1 fully saturated rings. The number of hydrogen-bond donors (Lipinski definition) is 0. The van der Waals surface area contributed by atoms with Crippen LogP contribution in [0.3, 0.4) is 0 Å². The second-order valence-corrected chi connectivity index (χ2v) is 8.35.